The molecule has 0 fully saturated rings. The molecule has 3 N–H and O–H groups in total. The number of aromatic nitrogens is 4. The lowest BCUT2D eigenvalue weighted by Gasteiger charge is -1.99. The third-order valence-electron chi connectivity index (χ3n) is 2.33. The highest BCUT2D eigenvalue weighted by molar-refractivity contribution is 8.72. The predicted molar refractivity (Wildman–Crippen MR) is 99.8 cm³/mol. The summed E-state index contributed by atoms with van der Waals surface area (Å²) in [5, 5.41) is 32.0. The minimum absolute atomic E-state index is 0.355. The van der Waals surface area contributed by atoms with Gasteiger partial charge in [-0.1, -0.05) is 40.0 Å². The van der Waals surface area contributed by atoms with Crippen LogP contribution in [0.25, 0.3) is 0 Å². The second-order valence-electron chi connectivity index (χ2n) is 4.20. The monoisotopic (exact) mass is 459 g/mol. The first kappa shape index (κ1) is 20.7. The standard InChI is InChI=1S/C10H10N4O5S6/c1-3(5(15)16)20-7-11-13-9(22-7)24-25(19)10-14-12-8(23-10)21-4(2)6(17)18/h3-4,19H,1-2H3,(H-,15,16,17,18)/p+1. The van der Waals surface area contributed by atoms with Crippen LogP contribution in [0.5, 0.6) is 0 Å². The molecule has 3 atom stereocenters. The van der Waals surface area contributed by atoms with Crippen molar-refractivity contribution < 1.29 is 24.4 Å². The highest BCUT2D eigenvalue weighted by atomic mass is 33.1. The van der Waals surface area contributed by atoms with E-state index in [1.807, 2.05) is 0 Å². The summed E-state index contributed by atoms with van der Waals surface area (Å²) >= 11 is 4.44. The molecule has 0 saturated carbocycles. The lowest BCUT2D eigenvalue weighted by Crippen LogP contribution is -2.10. The summed E-state index contributed by atoms with van der Waals surface area (Å²) in [6.07, 6.45) is 0. The van der Waals surface area contributed by atoms with E-state index in [2.05, 4.69) is 20.4 Å². The Labute approximate surface area is 165 Å². The van der Waals surface area contributed by atoms with Crippen molar-refractivity contribution in [1.82, 2.24) is 20.4 Å². The van der Waals surface area contributed by atoms with Crippen molar-refractivity contribution in [2.75, 3.05) is 0 Å². The van der Waals surface area contributed by atoms with Gasteiger partial charge in [-0.3, -0.25) is 9.59 Å². The molecule has 0 amide bonds. The maximum atomic E-state index is 10.8. The van der Waals surface area contributed by atoms with Crippen molar-refractivity contribution >= 4 is 79.1 Å². The molecule has 0 aliphatic heterocycles. The number of hydrogen-bond donors (Lipinski definition) is 3. The van der Waals surface area contributed by atoms with Gasteiger partial charge in [-0.2, -0.15) is 4.55 Å². The van der Waals surface area contributed by atoms with Gasteiger partial charge in [0, 0.05) is 0 Å². The highest BCUT2D eigenvalue weighted by Gasteiger charge is 2.32. The molecule has 0 aliphatic carbocycles. The van der Waals surface area contributed by atoms with E-state index in [0.29, 0.717) is 17.4 Å². The highest BCUT2D eigenvalue weighted by Crippen LogP contribution is 2.38. The summed E-state index contributed by atoms with van der Waals surface area (Å²) < 4.78 is 12.0. The van der Waals surface area contributed by atoms with E-state index < -0.39 is 32.6 Å². The van der Waals surface area contributed by atoms with E-state index in [1.54, 1.807) is 13.8 Å². The lowest BCUT2D eigenvalue weighted by atomic mass is 10.5. The summed E-state index contributed by atoms with van der Waals surface area (Å²) in [4.78, 5) is 21.7. The van der Waals surface area contributed by atoms with E-state index in [4.69, 9.17) is 10.2 Å². The second-order valence-corrected chi connectivity index (χ2v) is 12.7. The largest absolute Gasteiger partial charge is 0.480 e. The zero-order valence-electron chi connectivity index (χ0n) is 12.6. The van der Waals surface area contributed by atoms with Gasteiger partial charge in [0.2, 0.25) is 15.1 Å². The van der Waals surface area contributed by atoms with Crippen LogP contribution >= 0.6 is 57.0 Å². The Morgan fingerprint density at radius 1 is 0.920 bits per heavy atom. The fourth-order valence-electron chi connectivity index (χ4n) is 1.10. The van der Waals surface area contributed by atoms with Gasteiger partial charge in [-0.05, 0) is 25.2 Å². The fraction of sp³-hybridized carbons (Fsp3) is 0.400. The second kappa shape index (κ2) is 9.38. The zero-order chi connectivity index (χ0) is 18.6. The first-order valence-corrected chi connectivity index (χ1v) is 12.2. The predicted octanol–water partition coefficient (Wildman–Crippen LogP) is 2.68. The van der Waals surface area contributed by atoms with Crippen LogP contribution in [-0.4, -0.2) is 57.6 Å². The summed E-state index contributed by atoms with van der Waals surface area (Å²) in [5.41, 5.74) is 0. The molecule has 25 heavy (non-hydrogen) atoms. The Morgan fingerprint density at radius 3 is 1.96 bits per heavy atom. The summed E-state index contributed by atoms with van der Waals surface area (Å²) in [7, 11) is -0.273. The van der Waals surface area contributed by atoms with Crippen molar-refractivity contribution in [3.05, 3.63) is 0 Å². The molecule has 0 spiro atoms. The molecule has 2 heterocycles. The van der Waals surface area contributed by atoms with Gasteiger partial charge in [0.25, 0.3) is 10.2 Å². The zero-order valence-corrected chi connectivity index (χ0v) is 17.5. The third-order valence-corrected chi connectivity index (χ3v) is 10.1. The molecule has 0 saturated heterocycles. The Balaban J connectivity index is 1.95. The van der Waals surface area contributed by atoms with E-state index in [9.17, 15) is 14.1 Å². The average Bonchev–Trinajstić information content (AvgIpc) is 3.16. The van der Waals surface area contributed by atoms with E-state index in [-0.39, 0.29) is 0 Å². The molecule has 0 aliphatic rings. The minimum atomic E-state index is -1.31. The summed E-state index contributed by atoms with van der Waals surface area (Å²) in [6.45, 7) is 3.09. The molecular formula is C10H11N4O5S6+. The molecule has 15 heteroatoms. The fourth-order valence-corrected chi connectivity index (χ4v) is 8.35. The van der Waals surface area contributed by atoms with Gasteiger partial charge in [-0.25, -0.2) is 0 Å². The van der Waals surface area contributed by atoms with E-state index in [0.717, 1.165) is 45.7 Å². The maximum Gasteiger partial charge on any atom is 0.374 e. The van der Waals surface area contributed by atoms with Gasteiger partial charge >= 0.3 is 16.3 Å². The van der Waals surface area contributed by atoms with Crippen LogP contribution in [0.1, 0.15) is 13.8 Å². The number of thioether (sulfide) groups is 2. The minimum Gasteiger partial charge on any atom is -0.480 e. The van der Waals surface area contributed by atoms with Crippen LogP contribution in [0.15, 0.2) is 17.4 Å². The number of carboxylic acids is 2. The molecule has 0 bridgehead atoms. The molecule has 2 rings (SSSR count). The van der Waals surface area contributed by atoms with Crippen LogP contribution in [0.4, 0.5) is 0 Å². The Hall–Kier alpha value is -0.580. The molecule has 2 aromatic heterocycles. The Kier molecular flexibility index (Phi) is 7.78. The SMILES string of the molecule is CC(Sc1nnc(S[S+](O)c2nnc(SC(C)C(=O)O)s2)s1)C(=O)O. The van der Waals surface area contributed by atoms with Gasteiger partial charge in [0.15, 0.2) is 8.68 Å². The Morgan fingerprint density at radius 2 is 1.40 bits per heavy atom. The molecule has 9 nitrogen and oxygen atoms in total. The number of hydrogen-bond acceptors (Lipinski definition) is 12. The average molecular weight is 460 g/mol. The van der Waals surface area contributed by atoms with Crippen molar-refractivity contribution in [2.24, 2.45) is 0 Å². The summed E-state index contributed by atoms with van der Waals surface area (Å²) in [5.74, 6) is -1.89. The molecule has 0 radical (unpaired) electrons. The van der Waals surface area contributed by atoms with Crippen molar-refractivity contribution in [3.8, 4) is 0 Å². The molecule has 0 aromatic carbocycles. The van der Waals surface area contributed by atoms with E-state index in [1.165, 1.54) is 11.3 Å². The van der Waals surface area contributed by atoms with Crippen LogP contribution < -0.4 is 0 Å². The van der Waals surface area contributed by atoms with E-state index >= 15 is 0 Å². The first-order valence-electron chi connectivity index (χ1n) is 6.34. The van der Waals surface area contributed by atoms with Gasteiger partial charge in [0.1, 0.15) is 10.5 Å². The van der Waals surface area contributed by atoms with Crippen molar-refractivity contribution in [2.45, 2.75) is 41.7 Å². The number of carbonyl (C=O) groups is 2. The molecule has 3 unspecified atom stereocenters. The van der Waals surface area contributed by atoms with Crippen LogP contribution in [-0.2, 0) is 19.8 Å². The smallest absolute Gasteiger partial charge is 0.374 e. The van der Waals surface area contributed by atoms with Crippen LogP contribution in [0, 0.1) is 0 Å². The number of carboxylic acid groups (broad SMARTS) is 2. The van der Waals surface area contributed by atoms with Gasteiger partial charge < -0.3 is 10.2 Å². The topological polar surface area (TPSA) is 146 Å². The molecule has 2 aromatic rings. The van der Waals surface area contributed by atoms with Crippen LogP contribution in [0.3, 0.4) is 0 Å². The number of aliphatic carboxylic acids is 2. The van der Waals surface area contributed by atoms with Crippen LogP contribution in [0.2, 0.25) is 0 Å². The normalized spacial score (nSPS) is 14.8. The van der Waals surface area contributed by atoms with Gasteiger partial charge in [-0.15, -0.1) is 15.3 Å². The first-order chi connectivity index (χ1) is 11.8. The van der Waals surface area contributed by atoms with Crippen molar-refractivity contribution in [3.63, 3.8) is 0 Å². The molecule has 136 valence electrons. The quantitative estimate of drug-likeness (QED) is 0.288. The Bertz CT molecular complexity index is 754. The third kappa shape index (κ3) is 6.26. The molecular weight excluding hydrogens is 449 g/mol. The van der Waals surface area contributed by atoms with Gasteiger partial charge in [0.05, 0.1) is 0 Å². The number of nitrogens with zero attached hydrogens (tertiary/aromatic N) is 4. The summed E-state index contributed by atoms with van der Waals surface area (Å²) in [6, 6.07) is 0. The number of rotatable bonds is 9. The van der Waals surface area contributed by atoms with Crippen molar-refractivity contribution in [1.29, 1.82) is 0 Å². The lowest BCUT2D eigenvalue weighted by molar-refractivity contribution is -0.137. The maximum absolute atomic E-state index is 10.8.